The predicted octanol–water partition coefficient (Wildman–Crippen LogP) is 4.15. The van der Waals surface area contributed by atoms with Crippen molar-refractivity contribution in [2.24, 2.45) is 0 Å². The Balaban J connectivity index is 1.73. The minimum Gasteiger partial charge on any atom is -0.305 e. The summed E-state index contributed by atoms with van der Waals surface area (Å²) in [6.45, 7) is 4.29. The highest BCUT2D eigenvalue weighted by atomic mass is 35.5. The Labute approximate surface area is 185 Å². The zero-order valence-electron chi connectivity index (χ0n) is 16.4. The fraction of sp³-hybridized carbons (Fsp3) is 0.250. The van der Waals surface area contributed by atoms with Crippen molar-refractivity contribution in [1.29, 1.82) is 5.26 Å². The zero-order chi connectivity index (χ0) is 21.7. The Morgan fingerprint density at radius 3 is 2.43 bits per heavy atom. The number of nitrogens with one attached hydrogen (secondary N) is 1. The maximum absolute atomic E-state index is 12.7. The van der Waals surface area contributed by atoms with Gasteiger partial charge < -0.3 is 4.57 Å². The van der Waals surface area contributed by atoms with Gasteiger partial charge in [-0.1, -0.05) is 35.5 Å². The zero-order valence-corrected chi connectivity index (χ0v) is 18.8. The van der Waals surface area contributed by atoms with Crippen LogP contribution in [0.2, 0.25) is 5.02 Å². The number of halogens is 1. The number of benzene rings is 2. The SMILES string of the molecule is CCn1c(SCc2ccc(C#N)cc2)nnc1[C@@H](C)NS(=O)(=O)c1ccc(Cl)cc1. The summed E-state index contributed by atoms with van der Waals surface area (Å²) in [5.74, 6) is 1.20. The van der Waals surface area contributed by atoms with Gasteiger partial charge >= 0.3 is 0 Å². The first-order valence-electron chi connectivity index (χ1n) is 9.17. The number of sulfonamides is 1. The fourth-order valence-corrected chi connectivity index (χ4v) is 5.11. The lowest BCUT2D eigenvalue weighted by molar-refractivity contribution is 0.539. The second kappa shape index (κ2) is 9.62. The molecule has 0 bridgehead atoms. The van der Waals surface area contributed by atoms with Gasteiger partial charge in [0.05, 0.1) is 22.6 Å². The first kappa shape index (κ1) is 22.3. The van der Waals surface area contributed by atoms with Crippen LogP contribution in [0.5, 0.6) is 0 Å². The molecule has 0 saturated carbocycles. The lowest BCUT2D eigenvalue weighted by Crippen LogP contribution is -2.29. The molecule has 156 valence electrons. The molecule has 1 N–H and O–H groups in total. The number of aromatic nitrogens is 3. The topological polar surface area (TPSA) is 101 Å². The maximum Gasteiger partial charge on any atom is 0.241 e. The standard InChI is InChI=1S/C20H20ClN5O2S2/c1-3-26-19(14(2)25-30(27,28)18-10-8-17(21)9-11-18)23-24-20(26)29-13-16-6-4-15(12-22)5-7-16/h4-11,14,25H,3,13H2,1-2H3/t14-/m1/s1. The van der Waals surface area contributed by atoms with Crippen molar-refractivity contribution in [1.82, 2.24) is 19.5 Å². The van der Waals surface area contributed by atoms with Crippen molar-refractivity contribution in [3.8, 4) is 6.07 Å². The Hall–Kier alpha value is -2.38. The van der Waals surface area contributed by atoms with Crippen LogP contribution in [0.25, 0.3) is 0 Å². The molecule has 1 atom stereocenters. The summed E-state index contributed by atoms with van der Waals surface area (Å²) in [6.07, 6.45) is 0. The Morgan fingerprint density at radius 1 is 1.17 bits per heavy atom. The third kappa shape index (κ3) is 5.21. The summed E-state index contributed by atoms with van der Waals surface area (Å²) < 4.78 is 29.9. The molecule has 1 aromatic heterocycles. The largest absolute Gasteiger partial charge is 0.305 e. The van der Waals surface area contributed by atoms with E-state index in [-0.39, 0.29) is 4.90 Å². The van der Waals surface area contributed by atoms with E-state index in [0.717, 1.165) is 5.56 Å². The quantitative estimate of drug-likeness (QED) is 0.505. The fourth-order valence-electron chi connectivity index (χ4n) is 2.81. The van der Waals surface area contributed by atoms with Gasteiger partial charge in [-0.3, -0.25) is 0 Å². The predicted molar refractivity (Wildman–Crippen MR) is 117 cm³/mol. The molecule has 3 aromatic rings. The summed E-state index contributed by atoms with van der Waals surface area (Å²) in [5, 5.41) is 18.5. The van der Waals surface area contributed by atoms with Crippen molar-refractivity contribution in [2.75, 3.05) is 0 Å². The molecule has 0 spiro atoms. The molecular formula is C20H20ClN5O2S2. The van der Waals surface area contributed by atoms with E-state index in [4.69, 9.17) is 16.9 Å². The molecular weight excluding hydrogens is 442 g/mol. The monoisotopic (exact) mass is 461 g/mol. The van der Waals surface area contributed by atoms with Crippen LogP contribution in [-0.2, 0) is 22.3 Å². The molecule has 0 aliphatic rings. The highest BCUT2D eigenvalue weighted by molar-refractivity contribution is 7.98. The van der Waals surface area contributed by atoms with Crippen LogP contribution in [-0.4, -0.2) is 23.2 Å². The van der Waals surface area contributed by atoms with Crippen LogP contribution in [0.15, 0.2) is 58.6 Å². The van der Waals surface area contributed by atoms with E-state index in [1.165, 1.54) is 36.0 Å². The average molecular weight is 462 g/mol. The van der Waals surface area contributed by atoms with E-state index < -0.39 is 16.1 Å². The number of hydrogen-bond donors (Lipinski definition) is 1. The molecule has 2 aromatic carbocycles. The van der Waals surface area contributed by atoms with Crippen molar-refractivity contribution < 1.29 is 8.42 Å². The molecule has 0 aliphatic carbocycles. The van der Waals surface area contributed by atoms with Gasteiger partial charge in [0.15, 0.2) is 11.0 Å². The minimum absolute atomic E-state index is 0.136. The first-order chi connectivity index (χ1) is 14.3. The van der Waals surface area contributed by atoms with Crippen LogP contribution in [0.3, 0.4) is 0 Å². The summed E-state index contributed by atoms with van der Waals surface area (Å²) >= 11 is 7.35. The molecule has 7 nitrogen and oxygen atoms in total. The maximum atomic E-state index is 12.7. The van der Waals surface area contributed by atoms with Crippen LogP contribution in [0.4, 0.5) is 0 Å². The lowest BCUT2D eigenvalue weighted by Gasteiger charge is -2.15. The molecule has 3 rings (SSSR count). The molecule has 0 unspecified atom stereocenters. The second-order valence-corrected chi connectivity index (χ2v) is 9.57. The molecule has 0 amide bonds. The third-order valence-electron chi connectivity index (χ3n) is 4.36. The Bertz CT molecular complexity index is 1150. The third-order valence-corrected chi connectivity index (χ3v) is 7.20. The van der Waals surface area contributed by atoms with Crippen molar-refractivity contribution >= 4 is 33.4 Å². The number of nitrogens with zero attached hydrogens (tertiary/aromatic N) is 4. The van der Waals surface area contributed by atoms with E-state index in [0.29, 0.717) is 33.9 Å². The second-order valence-electron chi connectivity index (χ2n) is 6.48. The van der Waals surface area contributed by atoms with Crippen LogP contribution in [0, 0.1) is 11.3 Å². The molecule has 0 radical (unpaired) electrons. The number of thioether (sulfide) groups is 1. The molecule has 30 heavy (non-hydrogen) atoms. The van der Waals surface area contributed by atoms with Gasteiger partial charge in [-0.2, -0.15) is 5.26 Å². The molecule has 0 fully saturated rings. The van der Waals surface area contributed by atoms with Crippen molar-refractivity contribution in [2.45, 2.75) is 42.2 Å². The van der Waals surface area contributed by atoms with E-state index in [9.17, 15) is 8.42 Å². The Morgan fingerprint density at radius 2 is 1.83 bits per heavy atom. The molecule has 0 saturated heterocycles. The van der Waals surface area contributed by atoms with Gasteiger partial charge in [-0.05, 0) is 55.8 Å². The van der Waals surface area contributed by atoms with Gasteiger partial charge in [-0.15, -0.1) is 10.2 Å². The summed E-state index contributed by atoms with van der Waals surface area (Å²) in [5.41, 5.74) is 1.67. The number of rotatable bonds is 8. The van der Waals surface area contributed by atoms with Gasteiger partial charge in [0.25, 0.3) is 0 Å². The number of hydrogen-bond acceptors (Lipinski definition) is 6. The number of nitriles is 1. The van der Waals surface area contributed by atoms with Crippen LogP contribution >= 0.6 is 23.4 Å². The van der Waals surface area contributed by atoms with Crippen molar-refractivity contribution in [3.05, 3.63) is 70.5 Å². The summed E-state index contributed by atoms with van der Waals surface area (Å²) in [4.78, 5) is 0.136. The van der Waals surface area contributed by atoms with E-state index in [1.54, 1.807) is 19.1 Å². The van der Waals surface area contributed by atoms with Gasteiger partial charge in [0.2, 0.25) is 10.0 Å². The van der Waals surface area contributed by atoms with Crippen molar-refractivity contribution in [3.63, 3.8) is 0 Å². The molecule has 0 aliphatic heterocycles. The highest BCUT2D eigenvalue weighted by Crippen LogP contribution is 2.25. The minimum atomic E-state index is -3.72. The van der Waals surface area contributed by atoms with Gasteiger partial charge in [0.1, 0.15) is 0 Å². The average Bonchev–Trinajstić information content (AvgIpc) is 3.15. The lowest BCUT2D eigenvalue weighted by atomic mass is 10.2. The summed E-state index contributed by atoms with van der Waals surface area (Å²) in [7, 11) is -3.72. The smallest absolute Gasteiger partial charge is 0.241 e. The normalized spacial score (nSPS) is 12.5. The highest BCUT2D eigenvalue weighted by Gasteiger charge is 2.23. The van der Waals surface area contributed by atoms with E-state index in [1.807, 2.05) is 23.6 Å². The van der Waals surface area contributed by atoms with Gasteiger partial charge in [-0.25, -0.2) is 13.1 Å². The van der Waals surface area contributed by atoms with E-state index >= 15 is 0 Å². The summed E-state index contributed by atoms with van der Waals surface area (Å²) in [6, 6.07) is 14.9. The first-order valence-corrected chi connectivity index (χ1v) is 12.0. The van der Waals surface area contributed by atoms with Crippen LogP contribution < -0.4 is 4.72 Å². The van der Waals surface area contributed by atoms with Gasteiger partial charge in [0, 0.05) is 17.3 Å². The van der Waals surface area contributed by atoms with E-state index in [2.05, 4.69) is 21.0 Å². The molecule has 10 heteroatoms. The molecule has 1 heterocycles. The Kier molecular flexibility index (Phi) is 7.15. The van der Waals surface area contributed by atoms with Crippen LogP contribution in [0.1, 0.15) is 36.8 Å².